The first-order valence-electron chi connectivity index (χ1n) is 8.23. The van der Waals surface area contributed by atoms with Crippen molar-refractivity contribution in [2.24, 2.45) is 4.40 Å². The summed E-state index contributed by atoms with van der Waals surface area (Å²) in [5.41, 5.74) is 3.21. The quantitative estimate of drug-likeness (QED) is 0.627. The molecule has 5 heteroatoms. The number of rotatable bonds is 4. The molecule has 1 atom stereocenters. The smallest absolute Gasteiger partial charge is 0.144 e. The molecule has 1 aromatic rings. The van der Waals surface area contributed by atoms with Gasteiger partial charge in [-0.2, -0.15) is 0 Å². The molecule has 0 spiro atoms. The average Bonchev–Trinajstić information content (AvgIpc) is 2.49. The largest absolute Gasteiger partial charge is 0.591 e. The zero-order chi connectivity index (χ0) is 17.0. The summed E-state index contributed by atoms with van der Waals surface area (Å²) in [7, 11) is 2.18. The van der Waals surface area contributed by atoms with E-state index < -0.39 is 11.4 Å². The zero-order valence-corrected chi connectivity index (χ0v) is 15.8. The maximum absolute atomic E-state index is 12.1. The van der Waals surface area contributed by atoms with Crippen LogP contribution < -0.4 is 0 Å². The lowest BCUT2D eigenvalue weighted by Gasteiger charge is -2.32. The van der Waals surface area contributed by atoms with Crippen molar-refractivity contribution >= 4 is 17.1 Å². The van der Waals surface area contributed by atoms with Gasteiger partial charge in [0.15, 0.2) is 0 Å². The number of piperazine rings is 1. The van der Waals surface area contributed by atoms with Gasteiger partial charge in [-0.3, -0.25) is 4.90 Å². The van der Waals surface area contributed by atoms with E-state index >= 15 is 0 Å². The molecule has 2 rings (SSSR count). The Hall–Kier alpha value is -0.880. The summed E-state index contributed by atoms with van der Waals surface area (Å²) in [6.45, 7) is 13.3. The molecule has 1 fully saturated rings. The molecule has 0 aromatic heterocycles. The van der Waals surface area contributed by atoms with Gasteiger partial charge in [0.1, 0.15) is 16.1 Å². The molecule has 0 radical (unpaired) electrons. The van der Waals surface area contributed by atoms with E-state index in [-0.39, 0.29) is 4.75 Å². The van der Waals surface area contributed by atoms with Gasteiger partial charge >= 0.3 is 0 Å². The zero-order valence-electron chi connectivity index (χ0n) is 15.0. The van der Waals surface area contributed by atoms with Crippen molar-refractivity contribution in [1.29, 1.82) is 0 Å². The van der Waals surface area contributed by atoms with Gasteiger partial charge in [0.05, 0.1) is 5.71 Å². The van der Waals surface area contributed by atoms with Gasteiger partial charge in [0, 0.05) is 38.3 Å². The van der Waals surface area contributed by atoms with Crippen molar-refractivity contribution in [3.8, 4) is 0 Å². The standard InChI is InChI=1S/C18H29N3OS/c1-15(19-23(22)18(2,3)4)17-8-6-16(7-9-17)14-21-12-10-20(5)11-13-21/h6-9H,10-14H2,1-5H3/b19-15-. The number of nitrogens with zero attached hydrogens (tertiary/aromatic N) is 3. The Morgan fingerprint density at radius 3 is 2.22 bits per heavy atom. The van der Waals surface area contributed by atoms with Gasteiger partial charge in [-0.15, -0.1) is 0 Å². The highest BCUT2D eigenvalue weighted by molar-refractivity contribution is 7.91. The van der Waals surface area contributed by atoms with Crippen LogP contribution in [0.2, 0.25) is 0 Å². The fourth-order valence-electron chi connectivity index (χ4n) is 2.43. The van der Waals surface area contributed by atoms with Crippen LogP contribution in [0.25, 0.3) is 0 Å². The molecule has 0 N–H and O–H groups in total. The molecule has 0 aliphatic carbocycles. The molecular weight excluding hydrogens is 306 g/mol. The summed E-state index contributed by atoms with van der Waals surface area (Å²) in [5, 5.41) is 0. The fourth-order valence-corrected chi connectivity index (χ4v) is 3.06. The second-order valence-electron chi connectivity index (χ2n) is 7.31. The number of benzene rings is 1. The van der Waals surface area contributed by atoms with Crippen LogP contribution in [-0.2, 0) is 17.9 Å². The van der Waals surface area contributed by atoms with Crippen LogP contribution in [-0.4, -0.2) is 58.0 Å². The third-order valence-electron chi connectivity index (χ3n) is 4.12. The van der Waals surface area contributed by atoms with E-state index in [9.17, 15) is 4.55 Å². The van der Waals surface area contributed by atoms with Gasteiger partial charge in [0.2, 0.25) is 0 Å². The maximum Gasteiger partial charge on any atom is 0.144 e. The highest BCUT2D eigenvalue weighted by atomic mass is 32.2. The Bertz CT molecular complexity index is 528. The van der Waals surface area contributed by atoms with Crippen molar-refractivity contribution in [1.82, 2.24) is 9.80 Å². The molecule has 0 amide bonds. The highest BCUT2D eigenvalue weighted by Gasteiger charge is 2.26. The van der Waals surface area contributed by atoms with Gasteiger partial charge < -0.3 is 9.45 Å². The van der Waals surface area contributed by atoms with Gasteiger partial charge in [-0.25, -0.2) is 0 Å². The van der Waals surface area contributed by atoms with Crippen molar-refractivity contribution < 1.29 is 4.55 Å². The minimum Gasteiger partial charge on any atom is -0.591 e. The van der Waals surface area contributed by atoms with Crippen LogP contribution in [0.4, 0.5) is 0 Å². The van der Waals surface area contributed by atoms with E-state index in [4.69, 9.17) is 0 Å². The number of likely N-dealkylation sites (N-methyl/N-ethyl adjacent to an activating group) is 1. The summed E-state index contributed by atoms with van der Waals surface area (Å²) in [5.74, 6) is 0. The van der Waals surface area contributed by atoms with E-state index in [2.05, 4.69) is 45.5 Å². The van der Waals surface area contributed by atoms with Gasteiger partial charge in [-0.05, 0) is 40.3 Å². The second kappa shape index (κ2) is 7.79. The van der Waals surface area contributed by atoms with Crippen molar-refractivity contribution in [2.75, 3.05) is 33.2 Å². The third-order valence-corrected chi connectivity index (χ3v) is 5.60. The first-order chi connectivity index (χ1) is 10.8. The van der Waals surface area contributed by atoms with Crippen LogP contribution in [0.15, 0.2) is 28.7 Å². The summed E-state index contributed by atoms with van der Waals surface area (Å²) in [6, 6.07) is 8.49. The fraction of sp³-hybridized carbons (Fsp3) is 0.611. The molecule has 0 saturated carbocycles. The molecular formula is C18H29N3OS. The first-order valence-corrected chi connectivity index (χ1v) is 9.34. The van der Waals surface area contributed by atoms with E-state index in [1.807, 2.05) is 27.7 Å². The number of hydrogen-bond acceptors (Lipinski definition) is 4. The second-order valence-corrected chi connectivity index (χ2v) is 9.22. The SMILES string of the molecule is C/C(=N/[S+]([O-])C(C)(C)C)c1ccc(CN2CCN(C)CC2)cc1. The van der Waals surface area contributed by atoms with Gasteiger partial charge in [-0.1, -0.05) is 28.7 Å². The summed E-state index contributed by atoms with van der Waals surface area (Å²) < 4.78 is 16.1. The van der Waals surface area contributed by atoms with Gasteiger partial charge in [0.25, 0.3) is 0 Å². The van der Waals surface area contributed by atoms with Crippen LogP contribution in [0.5, 0.6) is 0 Å². The van der Waals surface area contributed by atoms with E-state index in [1.165, 1.54) is 5.56 Å². The summed E-state index contributed by atoms with van der Waals surface area (Å²) >= 11 is -1.21. The van der Waals surface area contributed by atoms with Crippen LogP contribution in [0.3, 0.4) is 0 Å². The average molecular weight is 336 g/mol. The molecule has 128 valence electrons. The highest BCUT2D eigenvalue weighted by Crippen LogP contribution is 2.18. The number of hydrogen-bond donors (Lipinski definition) is 0. The Labute approximate surface area is 143 Å². The predicted molar refractivity (Wildman–Crippen MR) is 99.3 cm³/mol. The Balaban J connectivity index is 1.97. The molecule has 0 bridgehead atoms. The lowest BCUT2D eigenvalue weighted by atomic mass is 10.1. The molecule has 1 unspecified atom stereocenters. The monoisotopic (exact) mass is 335 g/mol. The molecule has 1 saturated heterocycles. The summed E-state index contributed by atoms with van der Waals surface area (Å²) in [4.78, 5) is 4.86. The molecule has 1 aliphatic rings. The van der Waals surface area contributed by atoms with E-state index in [0.29, 0.717) is 0 Å². The molecule has 1 aromatic carbocycles. The first kappa shape index (κ1) is 18.5. The van der Waals surface area contributed by atoms with Crippen LogP contribution in [0, 0.1) is 0 Å². The Morgan fingerprint density at radius 2 is 1.70 bits per heavy atom. The predicted octanol–water partition coefficient (Wildman–Crippen LogP) is 2.71. The van der Waals surface area contributed by atoms with Crippen molar-refractivity contribution in [3.05, 3.63) is 35.4 Å². The molecule has 1 aliphatic heterocycles. The Kier molecular flexibility index (Phi) is 6.26. The maximum atomic E-state index is 12.1. The minimum atomic E-state index is -1.21. The van der Waals surface area contributed by atoms with Crippen molar-refractivity contribution in [3.63, 3.8) is 0 Å². The van der Waals surface area contributed by atoms with Crippen molar-refractivity contribution in [2.45, 2.75) is 39.0 Å². The minimum absolute atomic E-state index is 0.317. The van der Waals surface area contributed by atoms with Crippen LogP contribution in [0.1, 0.15) is 38.8 Å². The normalized spacial score (nSPS) is 19.8. The van der Waals surface area contributed by atoms with Crippen LogP contribution >= 0.6 is 0 Å². The summed E-state index contributed by atoms with van der Waals surface area (Å²) in [6.07, 6.45) is 0. The van der Waals surface area contributed by atoms with E-state index in [1.54, 1.807) is 0 Å². The molecule has 1 heterocycles. The Morgan fingerprint density at radius 1 is 1.13 bits per heavy atom. The molecule has 23 heavy (non-hydrogen) atoms. The lowest BCUT2D eigenvalue weighted by Crippen LogP contribution is -2.43. The topological polar surface area (TPSA) is 41.9 Å². The molecule has 4 nitrogen and oxygen atoms in total. The lowest BCUT2D eigenvalue weighted by molar-refractivity contribution is 0.148. The third kappa shape index (κ3) is 5.60. The van der Waals surface area contributed by atoms with E-state index in [0.717, 1.165) is 44.0 Å².